The molecule has 0 aliphatic rings. The van der Waals surface area contributed by atoms with Gasteiger partial charge in [0, 0.05) is 18.2 Å². The number of hydrogen-bond donors (Lipinski definition) is 0. The Hall–Kier alpha value is -3.70. The van der Waals surface area contributed by atoms with Crippen LogP contribution < -0.4 is 9.54 Å². The first-order chi connectivity index (χ1) is 13.5. The lowest BCUT2D eigenvalue weighted by atomic mass is 10.2. The number of nitrogens with zero attached hydrogens (tertiary/aromatic N) is 3. The number of carbonyl (C=O) groups is 1. The SMILES string of the molecule is C#CCn1c(=NC(=O)C=Cc2cccc([N+](=O)[O-])c2)sc2cccc(OC)c21. The van der Waals surface area contributed by atoms with Crippen molar-refractivity contribution >= 4 is 39.2 Å². The predicted octanol–water partition coefficient (Wildman–Crippen LogP) is 3.39. The van der Waals surface area contributed by atoms with Crippen LogP contribution in [0.5, 0.6) is 5.75 Å². The van der Waals surface area contributed by atoms with Crippen molar-refractivity contribution in [2.75, 3.05) is 7.11 Å². The number of rotatable bonds is 5. The number of methoxy groups -OCH3 is 1. The number of terminal acetylenes is 1. The maximum atomic E-state index is 12.3. The minimum atomic E-state index is -0.497. The van der Waals surface area contributed by atoms with E-state index in [1.54, 1.807) is 23.8 Å². The zero-order chi connectivity index (χ0) is 20.1. The van der Waals surface area contributed by atoms with Crippen molar-refractivity contribution in [3.63, 3.8) is 0 Å². The van der Waals surface area contributed by atoms with Crippen molar-refractivity contribution in [2.45, 2.75) is 6.54 Å². The third-order valence-electron chi connectivity index (χ3n) is 3.84. The quantitative estimate of drug-likeness (QED) is 0.288. The lowest BCUT2D eigenvalue weighted by Gasteiger charge is -2.05. The normalized spacial score (nSPS) is 11.6. The van der Waals surface area contributed by atoms with Crippen LogP contribution in [0, 0.1) is 22.5 Å². The molecule has 7 nitrogen and oxygen atoms in total. The van der Waals surface area contributed by atoms with Crippen LogP contribution in [0.25, 0.3) is 16.3 Å². The molecule has 3 rings (SSSR count). The summed E-state index contributed by atoms with van der Waals surface area (Å²) in [4.78, 5) is 27.2. The topological polar surface area (TPSA) is 86.7 Å². The van der Waals surface area contributed by atoms with Gasteiger partial charge in [-0.2, -0.15) is 4.99 Å². The smallest absolute Gasteiger partial charge is 0.272 e. The van der Waals surface area contributed by atoms with Gasteiger partial charge in [0.15, 0.2) is 4.80 Å². The lowest BCUT2D eigenvalue weighted by molar-refractivity contribution is -0.384. The highest BCUT2D eigenvalue weighted by Crippen LogP contribution is 2.27. The molecule has 140 valence electrons. The molecule has 0 bridgehead atoms. The molecule has 0 aliphatic carbocycles. The monoisotopic (exact) mass is 393 g/mol. The first-order valence-electron chi connectivity index (χ1n) is 8.14. The minimum absolute atomic E-state index is 0.0463. The van der Waals surface area contributed by atoms with Gasteiger partial charge >= 0.3 is 0 Å². The van der Waals surface area contributed by atoms with Crippen molar-refractivity contribution in [1.29, 1.82) is 0 Å². The molecule has 8 heteroatoms. The summed E-state index contributed by atoms with van der Waals surface area (Å²) in [5.41, 5.74) is 1.27. The summed E-state index contributed by atoms with van der Waals surface area (Å²) in [6, 6.07) is 11.6. The molecule has 28 heavy (non-hydrogen) atoms. The maximum absolute atomic E-state index is 12.3. The molecular formula is C20H15N3O4S. The zero-order valence-electron chi connectivity index (χ0n) is 14.9. The number of ether oxygens (including phenoxy) is 1. The number of carbonyl (C=O) groups excluding carboxylic acids is 1. The number of hydrogen-bond acceptors (Lipinski definition) is 5. The van der Waals surface area contributed by atoms with E-state index >= 15 is 0 Å². The highest BCUT2D eigenvalue weighted by atomic mass is 32.1. The Labute approximate surface area is 164 Å². The second-order valence-corrected chi connectivity index (χ2v) is 6.63. The van der Waals surface area contributed by atoms with Crippen LogP contribution in [0.15, 0.2) is 53.5 Å². The Morgan fingerprint density at radius 2 is 2.18 bits per heavy atom. The molecule has 0 unspecified atom stereocenters. The fourth-order valence-corrected chi connectivity index (χ4v) is 3.68. The second-order valence-electron chi connectivity index (χ2n) is 5.62. The van der Waals surface area contributed by atoms with Crippen LogP contribution in [-0.2, 0) is 11.3 Å². The summed E-state index contributed by atoms with van der Waals surface area (Å²) < 4.78 is 8.03. The third-order valence-corrected chi connectivity index (χ3v) is 4.88. The molecule has 1 amide bonds. The van der Waals surface area contributed by atoms with Gasteiger partial charge in [0.05, 0.1) is 23.3 Å². The fourth-order valence-electron chi connectivity index (χ4n) is 2.63. The second kappa shape index (κ2) is 8.33. The van der Waals surface area contributed by atoms with Gasteiger partial charge in [-0.25, -0.2) is 0 Å². The maximum Gasteiger partial charge on any atom is 0.272 e. The molecule has 0 N–H and O–H groups in total. The van der Waals surface area contributed by atoms with Crippen LogP contribution in [-0.4, -0.2) is 22.5 Å². The molecular weight excluding hydrogens is 378 g/mol. The summed E-state index contributed by atoms with van der Waals surface area (Å²) in [5.74, 6) is 2.71. The van der Waals surface area contributed by atoms with E-state index in [9.17, 15) is 14.9 Å². The lowest BCUT2D eigenvalue weighted by Crippen LogP contribution is -2.16. The highest BCUT2D eigenvalue weighted by molar-refractivity contribution is 7.16. The minimum Gasteiger partial charge on any atom is -0.495 e. The van der Waals surface area contributed by atoms with Gasteiger partial charge in [-0.15, -0.1) is 6.42 Å². The van der Waals surface area contributed by atoms with E-state index < -0.39 is 10.8 Å². The number of aromatic nitrogens is 1. The predicted molar refractivity (Wildman–Crippen MR) is 108 cm³/mol. The number of para-hydroxylation sites is 1. The number of nitro groups is 1. The van der Waals surface area contributed by atoms with Gasteiger partial charge < -0.3 is 9.30 Å². The standard InChI is InChI=1S/C20H15N3O4S/c1-3-12-22-19-16(27-2)8-5-9-17(19)28-20(22)21-18(24)11-10-14-6-4-7-15(13-14)23(25)26/h1,4-11,13H,12H2,2H3. The van der Waals surface area contributed by atoms with Crippen molar-refractivity contribution in [3.8, 4) is 18.1 Å². The van der Waals surface area contributed by atoms with Gasteiger partial charge in [-0.1, -0.05) is 35.5 Å². The molecule has 1 heterocycles. The van der Waals surface area contributed by atoms with Crippen LogP contribution >= 0.6 is 11.3 Å². The summed E-state index contributed by atoms with van der Waals surface area (Å²) in [7, 11) is 1.57. The summed E-state index contributed by atoms with van der Waals surface area (Å²) in [5, 5.41) is 10.8. The Morgan fingerprint density at radius 1 is 1.39 bits per heavy atom. The van der Waals surface area contributed by atoms with Gasteiger partial charge in [0.1, 0.15) is 11.3 Å². The molecule has 0 radical (unpaired) electrons. The van der Waals surface area contributed by atoms with Crippen LogP contribution in [0.3, 0.4) is 0 Å². The molecule has 0 aliphatic heterocycles. The molecule has 0 saturated carbocycles. The van der Waals surface area contributed by atoms with Crippen LogP contribution in [0.2, 0.25) is 0 Å². The first kappa shape index (κ1) is 19.1. The van der Waals surface area contributed by atoms with Crippen molar-refractivity contribution in [1.82, 2.24) is 4.57 Å². The molecule has 0 spiro atoms. The molecule has 3 aromatic rings. The van der Waals surface area contributed by atoms with Crippen molar-refractivity contribution < 1.29 is 14.5 Å². The number of non-ortho nitro benzene ring substituents is 1. The van der Waals surface area contributed by atoms with E-state index in [0.717, 1.165) is 10.2 Å². The van der Waals surface area contributed by atoms with Crippen molar-refractivity contribution in [2.24, 2.45) is 4.99 Å². The van der Waals surface area contributed by atoms with E-state index in [1.807, 2.05) is 18.2 Å². The molecule has 0 saturated heterocycles. The molecule has 1 aromatic heterocycles. The van der Waals surface area contributed by atoms with E-state index in [-0.39, 0.29) is 12.2 Å². The summed E-state index contributed by atoms with van der Waals surface area (Å²) >= 11 is 1.33. The Balaban J connectivity index is 1.99. The van der Waals surface area contributed by atoms with Gasteiger partial charge in [-0.3, -0.25) is 14.9 Å². The van der Waals surface area contributed by atoms with E-state index in [0.29, 0.717) is 16.1 Å². The average Bonchev–Trinajstić information content (AvgIpc) is 3.04. The largest absolute Gasteiger partial charge is 0.495 e. The molecule has 0 atom stereocenters. The Bertz CT molecular complexity index is 1200. The van der Waals surface area contributed by atoms with Gasteiger partial charge in [0.2, 0.25) is 0 Å². The van der Waals surface area contributed by atoms with E-state index in [2.05, 4.69) is 10.9 Å². The Morgan fingerprint density at radius 3 is 2.89 bits per heavy atom. The third kappa shape index (κ3) is 4.00. The van der Waals surface area contributed by atoms with Gasteiger partial charge in [-0.05, 0) is 23.8 Å². The fraction of sp³-hybridized carbons (Fsp3) is 0.100. The number of benzene rings is 2. The van der Waals surface area contributed by atoms with E-state index in [4.69, 9.17) is 11.2 Å². The number of amides is 1. The number of fused-ring (bicyclic) bond motifs is 1. The van der Waals surface area contributed by atoms with Crippen LogP contribution in [0.4, 0.5) is 5.69 Å². The molecule has 0 fully saturated rings. The number of thiazole rings is 1. The Kier molecular flexibility index (Phi) is 5.67. The van der Waals surface area contributed by atoms with E-state index in [1.165, 1.54) is 35.6 Å². The summed E-state index contributed by atoms with van der Waals surface area (Å²) in [6.45, 7) is 0.237. The number of nitro benzene ring substituents is 1. The van der Waals surface area contributed by atoms with Crippen molar-refractivity contribution in [3.05, 3.63) is 69.0 Å². The summed E-state index contributed by atoms with van der Waals surface area (Å²) in [6.07, 6.45) is 8.22. The first-order valence-corrected chi connectivity index (χ1v) is 8.96. The molecule has 2 aromatic carbocycles. The highest BCUT2D eigenvalue weighted by Gasteiger charge is 2.11. The zero-order valence-corrected chi connectivity index (χ0v) is 15.7. The average molecular weight is 393 g/mol. The van der Waals surface area contributed by atoms with Gasteiger partial charge in [0.25, 0.3) is 11.6 Å². The van der Waals surface area contributed by atoms with Crippen LogP contribution in [0.1, 0.15) is 5.56 Å².